The predicted octanol–water partition coefficient (Wildman–Crippen LogP) is 4.55. The van der Waals surface area contributed by atoms with Gasteiger partial charge in [-0.2, -0.15) is 0 Å². The Kier molecular flexibility index (Phi) is 6.66. The highest BCUT2D eigenvalue weighted by atomic mass is 19.1. The van der Waals surface area contributed by atoms with Crippen molar-refractivity contribution >= 4 is 11.9 Å². The van der Waals surface area contributed by atoms with Crippen molar-refractivity contribution in [1.82, 2.24) is 0 Å². The number of benzene rings is 2. The second-order valence-electron chi connectivity index (χ2n) is 5.37. The number of carbonyl (C=O) groups is 2. The first-order valence-corrected chi connectivity index (χ1v) is 7.83. The van der Waals surface area contributed by atoms with E-state index in [4.69, 9.17) is 14.2 Å². The van der Waals surface area contributed by atoms with Gasteiger partial charge in [-0.05, 0) is 42.3 Å². The van der Waals surface area contributed by atoms with E-state index in [0.717, 1.165) is 17.9 Å². The van der Waals surface area contributed by atoms with Crippen LogP contribution in [0.2, 0.25) is 0 Å². The van der Waals surface area contributed by atoms with Crippen molar-refractivity contribution in [3.63, 3.8) is 0 Å². The van der Waals surface area contributed by atoms with Crippen molar-refractivity contribution in [2.24, 2.45) is 0 Å². The fourth-order valence-electron chi connectivity index (χ4n) is 1.94. The van der Waals surface area contributed by atoms with E-state index in [-0.39, 0.29) is 11.3 Å². The zero-order valence-electron chi connectivity index (χ0n) is 14.6. The van der Waals surface area contributed by atoms with Gasteiger partial charge in [0.15, 0.2) is 11.6 Å². The van der Waals surface area contributed by atoms with Crippen LogP contribution >= 0.6 is 0 Å². The summed E-state index contributed by atoms with van der Waals surface area (Å²) in [5.41, 5.74) is 1.62. The Morgan fingerprint density at radius 1 is 1.04 bits per heavy atom. The summed E-state index contributed by atoms with van der Waals surface area (Å²) in [7, 11) is 0. The fraction of sp³-hybridized carbons (Fsp3) is 0.0476. The molecule has 0 fully saturated rings. The minimum Gasteiger partial charge on any atom is -0.462 e. The Labute approximate surface area is 156 Å². The second-order valence-corrected chi connectivity index (χ2v) is 5.37. The van der Waals surface area contributed by atoms with E-state index in [1.54, 1.807) is 30.3 Å². The van der Waals surface area contributed by atoms with Crippen molar-refractivity contribution < 1.29 is 28.2 Å². The summed E-state index contributed by atoms with van der Waals surface area (Å²) in [5.74, 6) is -1.61. The monoisotopic (exact) mass is 368 g/mol. The number of rotatable bonds is 7. The van der Waals surface area contributed by atoms with Crippen molar-refractivity contribution in [3.8, 4) is 22.6 Å². The van der Waals surface area contributed by atoms with Crippen molar-refractivity contribution in [1.29, 1.82) is 0 Å². The van der Waals surface area contributed by atoms with Gasteiger partial charge in [-0.1, -0.05) is 31.4 Å². The van der Waals surface area contributed by atoms with Gasteiger partial charge >= 0.3 is 11.9 Å². The summed E-state index contributed by atoms with van der Waals surface area (Å²) in [6.45, 7) is 8.25. The molecule has 0 spiro atoms. The topological polar surface area (TPSA) is 61.8 Å². The lowest BCUT2D eigenvalue weighted by molar-refractivity contribution is -0.133. The summed E-state index contributed by atoms with van der Waals surface area (Å²) in [5, 5.41) is 0. The molecule has 0 unspecified atom stereocenters. The Morgan fingerprint density at radius 3 is 2.30 bits per heavy atom. The molecule has 0 aliphatic heterocycles. The van der Waals surface area contributed by atoms with Gasteiger partial charge in [-0.25, -0.2) is 14.0 Å². The summed E-state index contributed by atoms with van der Waals surface area (Å²) in [6.07, 6.45) is 3.29. The average Bonchev–Trinajstić information content (AvgIpc) is 2.66. The molecule has 5 nitrogen and oxygen atoms in total. The van der Waals surface area contributed by atoms with Crippen LogP contribution in [0.15, 0.2) is 79.8 Å². The molecule has 0 saturated heterocycles. The van der Waals surface area contributed by atoms with Gasteiger partial charge in [-0.15, -0.1) is 0 Å². The van der Waals surface area contributed by atoms with E-state index in [1.165, 1.54) is 25.3 Å². The number of esters is 2. The molecule has 0 heterocycles. The molecule has 2 aromatic rings. The molecule has 0 radical (unpaired) electrons. The van der Waals surface area contributed by atoms with Crippen LogP contribution in [0.5, 0.6) is 11.5 Å². The van der Waals surface area contributed by atoms with Crippen LogP contribution in [0.1, 0.15) is 6.92 Å². The van der Waals surface area contributed by atoms with E-state index >= 15 is 0 Å². The normalized spacial score (nSPS) is 10.3. The highest BCUT2D eigenvalue weighted by molar-refractivity contribution is 5.87. The number of hydrogen-bond acceptors (Lipinski definition) is 5. The second kappa shape index (κ2) is 9.15. The Balaban J connectivity index is 2.02. The summed E-state index contributed by atoms with van der Waals surface area (Å²) >= 11 is 0. The lowest BCUT2D eigenvalue weighted by atomic mass is 10.1. The van der Waals surface area contributed by atoms with Crippen LogP contribution in [-0.4, -0.2) is 11.9 Å². The zero-order chi connectivity index (χ0) is 19.8. The maximum Gasteiger partial charge on any atom is 0.338 e. The molecule has 0 aromatic heterocycles. The van der Waals surface area contributed by atoms with Crippen LogP contribution in [0.25, 0.3) is 11.1 Å². The lowest BCUT2D eigenvalue weighted by Crippen LogP contribution is -2.04. The number of halogens is 1. The molecule has 6 heteroatoms. The Bertz CT molecular complexity index is 897. The molecule has 0 aliphatic carbocycles. The molecule has 138 valence electrons. The minimum atomic E-state index is -0.731. The molecule has 0 amide bonds. The van der Waals surface area contributed by atoms with Gasteiger partial charge < -0.3 is 14.2 Å². The maximum atomic E-state index is 14.0. The highest BCUT2D eigenvalue weighted by Gasteiger charge is 2.09. The van der Waals surface area contributed by atoms with Crippen LogP contribution in [0, 0.1) is 5.82 Å². The van der Waals surface area contributed by atoms with Gasteiger partial charge in [0.2, 0.25) is 0 Å². The van der Waals surface area contributed by atoms with Crippen molar-refractivity contribution in [2.45, 2.75) is 6.92 Å². The molecule has 0 bridgehead atoms. The standard InChI is InChI=1S/C21H17FO5/c1-4-20(23)27-19-10-7-16(13-18(19)22)15-5-8-17(9-6-15)25-11-12-26-21(24)14(2)3/h4-13H,1-2H2,3H3. The number of ether oxygens (including phenoxy) is 3. The third-order valence-corrected chi connectivity index (χ3v) is 3.28. The summed E-state index contributed by atoms with van der Waals surface area (Å²) < 4.78 is 28.9. The maximum absolute atomic E-state index is 14.0. The first-order valence-electron chi connectivity index (χ1n) is 7.83. The predicted molar refractivity (Wildman–Crippen MR) is 98.3 cm³/mol. The SMILES string of the molecule is C=CC(=O)Oc1ccc(-c2ccc(OC=COC(=O)C(=C)C)cc2)cc1F. The summed E-state index contributed by atoms with van der Waals surface area (Å²) in [6, 6.07) is 11.1. The van der Waals surface area contributed by atoms with E-state index in [2.05, 4.69) is 13.2 Å². The fourth-order valence-corrected chi connectivity index (χ4v) is 1.94. The molecule has 0 aliphatic rings. The van der Waals surface area contributed by atoms with Gasteiger partial charge in [0, 0.05) is 11.6 Å². The van der Waals surface area contributed by atoms with Gasteiger partial charge in [0.1, 0.15) is 18.3 Å². The first-order chi connectivity index (χ1) is 12.9. The zero-order valence-corrected chi connectivity index (χ0v) is 14.6. The number of hydrogen-bond donors (Lipinski definition) is 0. The Morgan fingerprint density at radius 2 is 1.70 bits per heavy atom. The third kappa shape index (κ3) is 5.67. The minimum absolute atomic E-state index is 0.168. The van der Waals surface area contributed by atoms with Gasteiger partial charge in [0.05, 0.1) is 0 Å². The molecule has 0 atom stereocenters. The lowest BCUT2D eigenvalue weighted by Gasteiger charge is -2.07. The molecule has 27 heavy (non-hydrogen) atoms. The molecule has 0 N–H and O–H groups in total. The van der Waals surface area contributed by atoms with Crippen LogP contribution < -0.4 is 9.47 Å². The van der Waals surface area contributed by atoms with E-state index in [1.807, 2.05) is 0 Å². The molecule has 2 rings (SSSR count). The van der Waals surface area contributed by atoms with Crippen molar-refractivity contribution in [2.75, 3.05) is 0 Å². The summed E-state index contributed by atoms with van der Waals surface area (Å²) in [4.78, 5) is 22.3. The van der Waals surface area contributed by atoms with Crippen LogP contribution in [-0.2, 0) is 14.3 Å². The van der Waals surface area contributed by atoms with Gasteiger partial charge in [-0.3, -0.25) is 0 Å². The smallest absolute Gasteiger partial charge is 0.338 e. The van der Waals surface area contributed by atoms with Crippen molar-refractivity contribution in [3.05, 3.63) is 85.6 Å². The van der Waals surface area contributed by atoms with E-state index in [0.29, 0.717) is 11.3 Å². The van der Waals surface area contributed by atoms with E-state index < -0.39 is 17.8 Å². The average molecular weight is 368 g/mol. The molecular weight excluding hydrogens is 351 g/mol. The largest absolute Gasteiger partial charge is 0.462 e. The number of carbonyl (C=O) groups excluding carboxylic acids is 2. The first kappa shape index (κ1) is 19.7. The Hall–Kier alpha value is -3.67. The van der Waals surface area contributed by atoms with Crippen LogP contribution in [0.3, 0.4) is 0 Å². The van der Waals surface area contributed by atoms with Gasteiger partial charge in [0.25, 0.3) is 0 Å². The molecule has 2 aromatic carbocycles. The molecular formula is C21H17FO5. The third-order valence-electron chi connectivity index (χ3n) is 3.28. The molecule has 0 saturated carbocycles. The van der Waals surface area contributed by atoms with E-state index in [9.17, 15) is 14.0 Å². The van der Waals surface area contributed by atoms with Crippen LogP contribution in [0.4, 0.5) is 4.39 Å². The quantitative estimate of drug-likeness (QED) is 0.310. The highest BCUT2D eigenvalue weighted by Crippen LogP contribution is 2.27.